The van der Waals surface area contributed by atoms with Crippen molar-refractivity contribution in [2.45, 2.75) is 142 Å². The fourth-order valence-electron chi connectivity index (χ4n) is 5.42. The van der Waals surface area contributed by atoms with E-state index in [4.69, 9.17) is 4.74 Å². The molecule has 0 aromatic heterocycles. The molecule has 6 nitrogen and oxygen atoms in total. The normalized spacial score (nSPS) is 14.7. The highest BCUT2D eigenvalue weighted by Gasteiger charge is 2.22. The molecule has 1 aliphatic heterocycles. The van der Waals surface area contributed by atoms with Gasteiger partial charge in [0.25, 0.3) is 0 Å². The van der Waals surface area contributed by atoms with Gasteiger partial charge in [-0.05, 0) is 44.4 Å². The van der Waals surface area contributed by atoms with Crippen LogP contribution in [-0.2, 0) is 24.2 Å². The number of carbonyl (C=O) groups excluding carboxylic acids is 2. The Balaban J connectivity index is 1.97. The number of likely N-dealkylation sites (tertiary alicyclic amines) is 1. The third kappa shape index (κ3) is 19.2. The molecule has 1 aliphatic rings. The molecule has 1 heterocycles. The molecule has 7 heteroatoms. The van der Waals surface area contributed by atoms with Gasteiger partial charge >= 0.3 is 0 Å². The summed E-state index contributed by atoms with van der Waals surface area (Å²) in [4.78, 5) is 26.5. The van der Waals surface area contributed by atoms with Crippen molar-refractivity contribution in [3.05, 3.63) is 0 Å². The fraction of sp³-hybridized carbons (Fsp3) is 0.935. The molecule has 1 rings (SSSR count). The Morgan fingerprint density at radius 1 is 0.737 bits per heavy atom. The molecule has 0 saturated carbocycles. The Kier molecular flexibility index (Phi) is 21.1. The number of carbonyl (C=O) groups is 2. The minimum absolute atomic E-state index is 0.0520. The predicted molar refractivity (Wildman–Crippen MR) is 158 cm³/mol. The molecule has 1 fully saturated rings. The van der Waals surface area contributed by atoms with Gasteiger partial charge in [0.05, 0.1) is 5.75 Å². The SMILES string of the molecule is CCCCCCCCCCCCCCCC(=O)CS(=O)(=O)CCCCCC(=O)N1CCC(CCOC)CC1. The summed E-state index contributed by atoms with van der Waals surface area (Å²) in [5.41, 5.74) is 0. The van der Waals surface area contributed by atoms with Gasteiger partial charge in [0, 0.05) is 39.6 Å². The minimum atomic E-state index is -3.34. The first-order valence-electron chi connectivity index (χ1n) is 15.9. The van der Waals surface area contributed by atoms with Gasteiger partial charge in [0.2, 0.25) is 5.91 Å². The van der Waals surface area contributed by atoms with E-state index in [0.29, 0.717) is 38.0 Å². The smallest absolute Gasteiger partial charge is 0.222 e. The Morgan fingerprint density at radius 2 is 1.24 bits per heavy atom. The highest BCUT2D eigenvalue weighted by molar-refractivity contribution is 7.92. The van der Waals surface area contributed by atoms with E-state index in [1.807, 2.05) is 4.90 Å². The van der Waals surface area contributed by atoms with Gasteiger partial charge in [-0.25, -0.2) is 8.42 Å². The standard InChI is InChI=1S/C31H59NO5S/c1-3-4-5-6-7-8-9-10-11-12-13-14-16-19-30(33)28-38(35,36)27-18-15-17-20-31(34)32-24-21-29(22-25-32)23-26-37-2/h29H,3-28H2,1-2H3. The number of amides is 1. The minimum Gasteiger partial charge on any atom is -0.385 e. The van der Waals surface area contributed by atoms with Crippen molar-refractivity contribution in [3.8, 4) is 0 Å². The van der Waals surface area contributed by atoms with Gasteiger partial charge in [0.1, 0.15) is 11.5 Å². The van der Waals surface area contributed by atoms with Crippen molar-refractivity contribution in [3.63, 3.8) is 0 Å². The monoisotopic (exact) mass is 557 g/mol. The number of hydrogen-bond acceptors (Lipinski definition) is 5. The Morgan fingerprint density at radius 3 is 1.79 bits per heavy atom. The van der Waals surface area contributed by atoms with E-state index in [9.17, 15) is 18.0 Å². The number of rotatable bonds is 25. The lowest BCUT2D eigenvalue weighted by molar-refractivity contribution is -0.132. The second kappa shape index (κ2) is 22.8. The van der Waals surface area contributed by atoms with Crippen molar-refractivity contribution >= 4 is 21.5 Å². The third-order valence-electron chi connectivity index (χ3n) is 7.98. The number of nitrogens with zero attached hydrogens (tertiary/aromatic N) is 1. The summed E-state index contributed by atoms with van der Waals surface area (Å²) in [7, 11) is -1.61. The molecule has 0 N–H and O–H groups in total. The van der Waals surface area contributed by atoms with E-state index < -0.39 is 9.84 Å². The van der Waals surface area contributed by atoms with Crippen molar-refractivity contribution in [1.29, 1.82) is 0 Å². The summed E-state index contributed by atoms with van der Waals surface area (Å²) in [5.74, 6) is 0.429. The molecule has 224 valence electrons. The maximum absolute atomic E-state index is 12.4. The van der Waals surface area contributed by atoms with Gasteiger partial charge < -0.3 is 9.64 Å². The molecule has 0 aliphatic carbocycles. The molecule has 0 bridgehead atoms. The van der Waals surface area contributed by atoms with Crippen LogP contribution in [0.25, 0.3) is 0 Å². The van der Waals surface area contributed by atoms with Crippen LogP contribution < -0.4 is 0 Å². The molecular formula is C31H59NO5S. The number of unbranched alkanes of at least 4 members (excludes halogenated alkanes) is 14. The number of Topliss-reactive ketones (excluding diaryl/α,β-unsaturated/α-hetero) is 1. The summed E-state index contributed by atoms with van der Waals surface area (Å²) >= 11 is 0. The van der Waals surface area contributed by atoms with Crippen LogP contribution in [0, 0.1) is 5.92 Å². The number of sulfone groups is 1. The first kappa shape index (κ1) is 35.1. The van der Waals surface area contributed by atoms with E-state index in [1.54, 1.807) is 7.11 Å². The number of ether oxygens (including phenoxy) is 1. The average Bonchev–Trinajstić information content (AvgIpc) is 2.89. The summed E-state index contributed by atoms with van der Waals surface area (Å²) in [5, 5.41) is 0. The molecule has 0 aromatic carbocycles. The summed E-state index contributed by atoms with van der Waals surface area (Å²) in [6, 6.07) is 0. The molecule has 0 aromatic rings. The van der Waals surface area contributed by atoms with Gasteiger partial charge in [-0.1, -0.05) is 90.4 Å². The van der Waals surface area contributed by atoms with Crippen molar-refractivity contribution in [2.24, 2.45) is 5.92 Å². The lowest BCUT2D eigenvalue weighted by Crippen LogP contribution is -2.38. The van der Waals surface area contributed by atoms with Gasteiger partial charge in [0.15, 0.2) is 9.84 Å². The summed E-state index contributed by atoms with van der Waals surface area (Å²) < 4.78 is 29.8. The van der Waals surface area contributed by atoms with E-state index in [-0.39, 0.29) is 23.2 Å². The van der Waals surface area contributed by atoms with Crippen LogP contribution in [0.15, 0.2) is 0 Å². The highest BCUT2D eigenvalue weighted by Crippen LogP contribution is 2.21. The number of ketones is 1. The van der Waals surface area contributed by atoms with E-state index in [0.717, 1.165) is 58.2 Å². The van der Waals surface area contributed by atoms with Gasteiger partial charge in [-0.15, -0.1) is 0 Å². The van der Waals surface area contributed by atoms with Crippen molar-refractivity contribution in [2.75, 3.05) is 38.3 Å². The van der Waals surface area contributed by atoms with Crippen LogP contribution in [0.5, 0.6) is 0 Å². The maximum atomic E-state index is 12.4. The van der Waals surface area contributed by atoms with Crippen LogP contribution in [0.4, 0.5) is 0 Å². The largest absolute Gasteiger partial charge is 0.385 e. The first-order valence-corrected chi connectivity index (χ1v) is 17.7. The first-order chi connectivity index (χ1) is 18.4. The van der Waals surface area contributed by atoms with Crippen molar-refractivity contribution < 1.29 is 22.7 Å². The summed E-state index contributed by atoms with van der Waals surface area (Å²) in [6.07, 6.45) is 22.3. The quantitative estimate of drug-likeness (QED) is 0.110. The highest BCUT2D eigenvalue weighted by atomic mass is 32.2. The molecular weight excluding hydrogens is 498 g/mol. The second-order valence-electron chi connectivity index (χ2n) is 11.5. The topological polar surface area (TPSA) is 80.8 Å². The zero-order valence-electron chi connectivity index (χ0n) is 24.9. The number of piperidine rings is 1. The zero-order valence-corrected chi connectivity index (χ0v) is 25.7. The molecule has 0 spiro atoms. The molecule has 0 radical (unpaired) electrons. The maximum Gasteiger partial charge on any atom is 0.222 e. The average molecular weight is 558 g/mol. The van der Waals surface area contributed by atoms with E-state index >= 15 is 0 Å². The Bertz CT molecular complexity index is 701. The molecule has 0 unspecified atom stereocenters. The van der Waals surface area contributed by atoms with Gasteiger partial charge in [-0.3, -0.25) is 9.59 Å². The lowest BCUT2D eigenvalue weighted by atomic mass is 9.93. The van der Waals surface area contributed by atoms with Gasteiger partial charge in [-0.2, -0.15) is 0 Å². The fourth-order valence-corrected chi connectivity index (χ4v) is 6.84. The molecule has 1 amide bonds. The van der Waals surface area contributed by atoms with Crippen LogP contribution in [0.1, 0.15) is 142 Å². The van der Waals surface area contributed by atoms with Crippen molar-refractivity contribution in [1.82, 2.24) is 4.90 Å². The number of hydrogen-bond donors (Lipinski definition) is 0. The summed E-state index contributed by atoms with van der Waals surface area (Å²) in [6.45, 7) is 4.68. The molecule has 38 heavy (non-hydrogen) atoms. The van der Waals surface area contributed by atoms with Crippen LogP contribution >= 0.6 is 0 Å². The zero-order chi connectivity index (χ0) is 27.9. The second-order valence-corrected chi connectivity index (χ2v) is 13.7. The number of methoxy groups -OCH3 is 1. The Labute approximate surface area is 235 Å². The molecule has 0 atom stereocenters. The van der Waals surface area contributed by atoms with Crippen LogP contribution in [-0.4, -0.2) is 63.3 Å². The molecule has 1 saturated heterocycles. The lowest BCUT2D eigenvalue weighted by Gasteiger charge is -2.32. The van der Waals surface area contributed by atoms with E-state index in [1.165, 1.54) is 64.2 Å². The van der Waals surface area contributed by atoms with Crippen LogP contribution in [0.3, 0.4) is 0 Å². The predicted octanol–water partition coefficient (Wildman–Crippen LogP) is 7.29. The van der Waals surface area contributed by atoms with Crippen LogP contribution in [0.2, 0.25) is 0 Å². The third-order valence-corrected chi connectivity index (χ3v) is 9.66. The van der Waals surface area contributed by atoms with E-state index in [2.05, 4.69) is 6.92 Å². The Hall–Kier alpha value is -0.950.